The summed E-state index contributed by atoms with van der Waals surface area (Å²) in [7, 11) is 0. The topological polar surface area (TPSA) is 54.4 Å². The van der Waals surface area contributed by atoms with Crippen LogP contribution < -0.4 is 0 Å². The van der Waals surface area contributed by atoms with Crippen molar-refractivity contribution in [2.45, 2.75) is 13.3 Å². The summed E-state index contributed by atoms with van der Waals surface area (Å²) in [5.41, 5.74) is 2.34. The molecule has 0 saturated carbocycles. The number of fused-ring (bicyclic) bond motifs is 1. The molecule has 86 valence electrons. The van der Waals surface area contributed by atoms with Crippen molar-refractivity contribution in [1.82, 2.24) is 0 Å². The molecule has 0 heterocycles. The predicted molar refractivity (Wildman–Crippen MR) is 65.4 cm³/mol. The average molecular weight is 228 g/mol. The highest BCUT2D eigenvalue weighted by Crippen LogP contribution is 2.22. The van der Waals surface area contributed by atoms with Crippen LogP contribution in [0.25, 0.3) is 10.8 Å². The highest BCUT2D eigenvalue weighted by atomic mass is 16.4. The number of carbonyl (C=O) groups is 2. The lowest BCUT2D eigenvalue weighted by atomic mass is 9.98. The van der Waals surface area contributed by atoms with E-state index in [1.165, 1.54) is 0 Å². The molecule has 0 saturated heterocycles. The summed E-state index contributed by atoms with van der Waals surface area (Å²) < 4.78 is 0. The van der Waals surface area contributed by atoms with Gasteiger partial charge in [-0.15, -0.1) is 0 Å². The van der Waals surface area contributed by atoms with Crippen molar-refractivity contribution in [2.24, 2.45) is 0 Å². The van der Waals surface area contributed by atoms with E-state index in [1.54, 1.807) is 6.07 Å². The molecule has 3 heteroatoms. The molecule has 2 rings (SSSR count). The lowest BCUT2D eigenvalue weighted by molar-refractivity contribution is -0.136. The number of hydrogen-bond donors (Lipinski definition) is 1. The molecule has 0 atom stereocenters. The molecule has 2 aromatic rings. The Bertz CT molecular complexity index is 600. The van der Waals surface area contributed by atoms with Gasteiger partial charge in [0.1, 0.15) is 0 Å². The van der Waals surface area contributed by atoms with Crippen LogP contribution in [0.5, 0.6) is 0 Å². The highest BCUT2D eigenvalue weighted by Gasteiger charge is 2.06. The molecule has 0 bridgehead atoms. The smallest absolute Gasteiger partial charge is 0.307 e. The van der Waals surface area contributed by atoms with Crippen molar-refractivity contribution >= 4 is 23.0 Å². The summed E-state index contributed by atoms with van der Waals surface area (Å²) >= 11 is 0. The molecule has 17 heavy (non-hydrogen) atoms. The molecule has 3 nitrogen and oxygen atoms in total. The van der Waals surface area contributed by atoms with Crippen LogP contribution in [0.3, 0.4) is 0 Å². The van der Waals surface area contributed by atoms with E-state index in [-0.39, 0.29) is 6.42 Å². The fraction of sp³-hybridized carbons (Fsp3) is 0.143. The van der Waals surface area contributed by atoms with Crippen molar-refractivity contribution < 1.29 is 14.7 Å². The van der Waals surface area contributed by atoms with Crippen molar-refractivity contribution in [3.8, 4) is 0 Å². The van der Waals surface area contributed by atoms with Crippen LogP contribution in [0, 0.1) is 6.92 Å². The van der Waals surface area contributed by atoms with Gasteiger partial charge >= 0.3 is 5.97 Å². The fourth-order valence-corrected chi connectivity index (χ4v) is 1.95. The minimum absolute atomic E-state index is 0.000237. The molecular formula is C14H12O3. The van der Waals surface area contributed by atoms with Crippen LogP contribution in [0.2, 0.25) is 0 Å². The van der Waals surface area contributed by atoms with Crippen LogP contribution in [-0.4, -0.2) is 17.4 Å². The molecule has 0 aromatic heterocycles. The first kappa shape index (κ1) is 11.3. The van der Waals surface area contributed by atoms with Gasteiger partial charge in [-0.1, -0.05) is 30.3 Å². The van der Waals surface area contributed by atoms with E-state index in [9.17, 15) is 9.59 Å². The summed E-state index contributed by atoms with van der Waals surface area (Å²) in [6, 6.07) is 9.16. The first-order valence-corrected chi connectivity index (χ1v) is 5.31. The first-order chi connectivity index (χ1) is 8.11. The number of carboxylic acid groups (broad SMARTS) is 1. The van der Waals surface area contributed by atoms with Gasteiger partial charge in [0.15, 0.2) is 6.29 Å². The summed E-state index contributed by atoms with van der Waals surface area (Å²) in [5, 5.41) is 10.5. The van der Waals surface area contributed by atoms with Gasteiger partial charge in [-0.3, -0.25) is 9.59 Å². The third-order valence-corrected chi connectivity index (χ3v) is 2.82. The van der Waals surface area contributed by atoms with E-state index < -0.39 is 5.97 Å². The third-order valence-electron chi connectivity index (χ3n) is 2.82. The molecule has 0 amide bonds. The van der Waals surface area contributed by atoms with Gasteiger partial charge in [0.2, 0.25) is 0 Å². The molecule has 0 radical (unpaired) electrons. The summed E-state index contributed by atoms with van der Waals surface area (Å²) in [4.78, 5) is 21.6. The second-order valence-corrected chi connectivity index (χ2v) is 4.04. The van der Waals surface area contributed by atoms with Crippen molar-refractivity contribution in [3.63, 3.8) is 0 Å². The Hall–Kier alpha value is -2.16. The van der Waals surface area contributed by atoms with Crippen molar-refractivity contribution in [1.29, 1.82) is 0 Å². The number of aliphatic carboxylic acids is 1. The molecule has 0 aliphatic rings. The summed E-state index contributed by atoms with van der Waals surface area (Å²) in [5.74, 6) is -0.855. The predicted octanol–water partition coefficient (Wildman–Crippen LogP) is 2.59. The largest absolute Gasteiger partial charge is 0.481 e. The van der Waals surface area contributed by atoms with Crippen LogP contribution >= 0.6 is 0 Å². The highest BCUT2D eigenvalue weighted by molar-refractivity contribution is 5.99. The SMILES string of the molecule is Cc1ccc2cc(CC(=O)O)ccc2c1C=O. The van der Waals surface area contributed by atoms with Gasteiger partial charge < -0.3 is 5.11 Å². The normalized spacial score (nSPS) is 10.4. The second kappa shape index (κ2) is 4.37. The molecule has 1 N–H and O–H groups in total. The van der Waals surface area contributed by atoms with E-state index in [0.717, 1.165) is 28.2 Å². The van der Waals surface area contributed by atoms with E-state index >= 15 is 0 Å². The van der Waals surface area contributed by atoms with Crippen molar-refractivity contribution in [2.75, 3.05) is 0 Å². The maximum absolute atomic E-state index is 11.0. The number of carboxylic acids is 1. The second-order valence-electron chi connectivity index (χ2n) is 4.04. The molecule has 0 fully saturated rings. The number of hydrogen-bond acceptors (Lipinski definition) is 2. The van der Waals surface area contributed by atoms with E-state index in [0.29, 0.717) is 5.56 Å². The molecule has 0 spiro atoms. The average Bonchev–Trinajstić information content (AvgIpc) is 2.28. The molecule has 0 aliphatic heterocycles. The first-order valence-electron chi connectivity index (χ1n) is 5.31. The maximum Gasteiger partial charge on any atom is 0.307 e. The van der Waals surface area contributed by atoms with Gasteiger partial charge in [-0.2, -0.15) is 0 Å². The van der Waals surface area contributed by atoms with Crippen LogP contribution in [0.1, 0.15) is 21.5 Å². The number of benzene rings is 2. The van der Waals surface area contributed by atoms with E-state index in [2.05, 4.69) is 0 Å². The number of rotatable bonds is 3. The quantitative estimate of drug-likeness (QED) is 0.821. The lowest BCUT2D eigenvalue weighted by Gasteiger charge is -2.06. The number of aryl methyl sites for hydroxylation is 1. The minimum atomic E-state index is -0.855. The zero-order valence-corrected chi connectivity index (χ0v) is 9.43. The van der Waals surface area contributed by atoms with E-state index in [4.69, 9.17) is 5.11 Å². The standard InChI is InChI=1S/C14H12O3/c1-9-2-4-11-6-10(7-14(16)17)3-5-12(11)13(9)8-15/h2-6,8H,7H2,1H3,(H,16,17). The number of carbonyl (C=O) groups excluding carboxylic acids is 1. The van der Waals surface area contributed by atoms with Gasteiger partial charge in [0.25, 0.3) is 0 Å². The van der Waals surface area contributed by atoms with Gasteiger partial charge in [-0.05, 0) is 28.8 Å². The molecule has 0 aliphatic carbocycles. The van der Waals surface area contributed by atoms with Gasteiger partial charge in [0, 0.05) is 5.56 Å². The van der Waals surface area contributed by atoms with Crippen LogP contribution in [0.4, 0.5) is 0 Å². The zero-order chi connectivity index (χ0) is 12.4. The maximum atomic E-state index is 11.0. The molecular weight excluding hydrogens is 216 g/mol. The van der Waals surface area contributed by atoms with Crippen LogP contribution in [0.15, 0.2) is 30.3 Å². The Morgan fingerprint density at radius 2 is 2.06 bits per heavy atom. The van der Waals surface area contributed by atoms with Crippen LogP contribution in [-0.2, 0) is 11.2 Å². The molecule has 2 aromatic carbocycles. The third kappa shape index (κ3) is 2.18. The van der Waals surface area contributed by atoms with Gasteiger partial charge in [0.05, 0.1) is 6.42 Å². The zero-order valence-electron chi connectivity index (χ0n) is 9.43. The Kier molecular flexibility index (Phi) is 2.91. The minimum Gasteiger partial charge on any atom is -0.481 e. The Morgan fingerprint density at radius 3 is 2.71 bits per heavy atom. The van der Waals surface area contributed by atoms with Gasteiger partial charge in [-0.25, -0.2) is 0 Å². The molecule has 0 unspecified atom stereocenters. The lowest BCUT2D eigenvalue weighted by Crippen LogP contribution is -2.00. The van der Waals surface area contributed by atoms with E-state index in [1.807, 2.05) is 31.2 Å². The summed E-state index contributed by atoms with van der Waals surface area (Å²) in [6.07, 6.45) is 0.842. The monoisotopic (exact) mass is 228 g/mol. The Morgan fingerprint density at radius 1 is 1.29 bits per heavy atom. The Labute approximate surface area is 98.7 Å². The van der Waals surface area contributed by atoms with Crippen molar-refractivity contribution in [3.05, 3.63) is 47.0 Å². The fourth-order valence-electron chi connectivity index (χ4n) is 1.95. The Balaban J connectivity index is 2.60. The number of aldehydes is 1. The summed E-state index contributed by atoms with van der Waals surface area (Å²) in [6.45, 7) is 1.88.